The zero-order valence-corrected chi connectivity index (χ0v) is 4.27. The van der Waals surface area contributed by atoms with E-state index < -0.39 is 11.2 Å². The summed E-state index contributed by atoms with van der Waals surface area (Å²) in [5, 5.41) is 15.0. The van der Waals surface area contributed by atoms with E-state index in [2.05, 4.69) is 4.84 Å². The fourth-order valence-electron chi connectivity index (χ4n) is 0.0638. The Hall–Kier alpha value is 0.189. The van der Waals surface area contributed by atoms with E-state index in [0.29, 0.717) is 0 Å². The second-order valence-electron chi connectivity index (χ2n) is 0.581. The number of carboxylic acid groups (broad SMARTS) is 1. The van der Waals surface area contributed by atoms with E-state index in [1.54, 1.807) is 0 Å². The second kappa shape index (κ2) is 8.19. The van der Waals surface area contributed by atoms with Crippen molar-refractivity contribution in [2.75, 3.05) is 0 Å². The first-order valence-electron chi connectivity index (χ1n) is 1.18. The zero-order chi connectivity index (χ0) is 5.86. The van der Waals surface area contributed by atoms with Gasteiger partial charge in [0.25, 0.3) is 0 Å². The van der Waals surface area contributed by atoms with Gasteiger partial charge in [-0.1, -0.05) is 0 Å². The molecule has 0 aromatic carbocycles. The van der Waals surface area contributed by atoms with Crippen LogP contribution in [0.3, 0.4) is 0 Å². The fourth-order valence-corrected chi connectivity index (χ4v) is 0.0638. The molecule has 0 unspecified atom stereocenters. The molecular weight excluding hydrogens is 193 g/mol. The Morgan fingerprint density at radius 3 is 2.00 bits per heavy atom. The predicted octanol–water partition coefficient (Wildman–Crippen LogP) is -0.778. The molecule has 1 N–H and O–H groups in total. The van der Waals surface area contributed by atoms with E-state index in [0.717, 1.165) is 0 Å². The Bertz CT molecular complexity index is 93.1. The van der Waals surface area contributed by atoms with Gasteiger partial charge < -0.3 is 5.11 Å². The molecule has 0 aromatic heterocycles. The van der Waals surface area contributed by atoms with Gasteiger partial charge in [0.2, 0.25) is 0 Å². The van der Waals surface area contributed by atoms with E-state index in [-0.39, 0.29) is 46.6 Å². The molecule has 53 valence electrons. The van der Waals surface area contributed by atoms with Crippen molar-refractivity contribution in [3.63, 3.8) is 0 Å². The standard InChI is InChI=1S/CHNO5.Cu.Na.H/c3-1(4)7-2(5)6;;;/h(H,3,4);;;. The topological polar surface area (TPSA) is 89.7 Å². The van der Waals surface area contributed by atoms with Gasteiger partial charge in [0, 0.05) is 17.1 Å². The van der Waals surface area contributed by atoms with E-state index in [4.69, 9.17) is 20.0 Å². The number of nitrogens with zero attached hydrogens (tertiary/aromatic N) is 1. The molecule has 0 saturated carbocycles. The Balaban J connectivity index is -0.000000180. The number of carbonyl (C=O) groups is 1. The monoisotopic (exact) mass is 194 g/mol. The van der Waals surface area contributed by atoms with Crippen molar-refractivity contribution in [2.45, 2.75) is 0 Å². The van der Waals surface area contributed by atoms with Gasteiger partial charge in [-0.25, -0.2) is 4.79 Å². The fraction of sp³-hybridized carbons (Fsp3) is 0. The van der Waals surface area contributed by atoms with E-state index in [1.807, 2.05) is 0 Å². The molecule has 0 amide bonds. The second-order valence-corrected chi connectivity index (χ2v) is 0.581. The van der Waals surface area contributed by atoms with Crippen molar-refractivity contribution >= 4 is 35.7 Å². The summed E-state index contributed by atoms with van der Waals surface area (Å²) in [6.07, 6.45) is -1.91. The van der Waals surface area contributed by atoms with Crippen LogP contribution >= 0.6 is 0 Å². The maximum absolute atomic E-state index is 9.15. The van der Waals surface area contributed by atoms with Gasteiger partial charge in [-0.15, -0.1) is 10.1 Å². The first-order chi connectivity index (χ1) is 3.13. The molecular formula is CH2CuNNaO5. The third-order valence-electron chi connectivity index (χ3n) is 0.153. The molecule has 0 spiro atoms. The summed E-state index contributed by atoms with van der Waals surface area (Å²) in [4.78, 5) is 21.0. The molecule has 8 heteroatoms. The molecule has 0 aliphatic carbocycles. The summed E-state index contributed by atoms with van der Waals surface area (Å²) in [5.74, 6) is 0. The van der Waals surface area contributed by atoms with Crippen LogP contribution in [0.5, 0.6) is 0 Å². The number of rotatable bonds is 1. The van der Waals surface area contributed by atoms with Crippen LogP contribution < -0.4 is 0 Å². The van der Waals surface area contributed by atoms with E-state index in [1.165, 1.54) is 0 Å². The van der Waals surface area contributed by atoms with Crippen LogP contribution in [-0.2, 0) is 21.9 Å². The van der Waals surface area contributed by atoms with Gasteiger partial charge in [-0.3, -0.25) is 0 Å². The SMILES string of the molecule is O=C(O)O[N+](=O)[O-].[Cu].[NaH]. The van der Waals surface area contributed by atoms with Crippen molar-refractivity contribution in [3.8, 4) is 0 Å². The summed E-state index contributed by atoms with van der Waals surface area (Å²) in [6, 6.07) is 0. The van der Waals surface area contributed by atoms with Crippen LogP contribution in [0.25, 0.3) is 0 Å². The quantitative estimate of drug-likeness (QED) is 0.336. The first kappa shape index (κ1) is 16.1. The molecule has 0 rings (SSSR count). The normalized spacial score (nSPS) is 5.78. The Morgan fingerprint density at radius 2 is 2.00 bits per heavy atom. The molecule has 0 saturated heterocycles. The molecule has 0 fully saturated rings. The Morgan fingerprint density at radius 1 is 1.67 bits per heavy atom. The van der Waals surface area contributed by atoms with Crippen molar-refractivity contribution < 1.29 is 36.9 Å². The predicted molar refractivity (Wildman–Crippen MR) is 23.3 cm³/mol. The minimum atomic E-state index is -1.91. The van der Waals surface area contributed by atoms with Crippen molar-refractivity contribution in [3.05, 3.63) is 10.1 Å². The molecule has 0 aromatic rings. The summed E-state index contributed by atoms with van der Waals surface area (Å²) in [7, 11) is 0. The van der Waals surface area contributed by atoms with Crippen LogP contribution in [0, 0.1) is 10.1 Å². The minimum absolute atomic E-state index is 0. The van der Waals surface area contributed by atoms with Gasteiger partial charge >= 0.3 is 40.8 Å². The molecule has 1 radical (unpaired) electrons. The van der Waals surface area contributed by atoms with Crippen LogP contribution in [-0.4, -0.2) is 45.9 Å². The summed E-state index contributed by atoms with van der Waals surface area (Å²) < 4.78 is 0. The van der Waals surface area contributed by atoms with Crippen LogP contribution in [0.15, 0.2) is 0 Å². The van der Waals surface area contributed by atoms with Crippen LogP contribution in [0.2, 0.25) is 0 Å². The van der Waals surface area contributed by atoms with Crippen molar-refractivity contribution in [1.82, 2.24) is 0 Å². The zero-order valence-electron chi connectivity index (χ0n) is 3.33. The molecule has 0 aliphatic rings. The summed E-state index contributed by atoms with van der Waals surface area (Å²) in [5.41, 5.74) is 0. The molecule has 0 atom stereocenters. The average Bonchev–Trinajstić information content (AvgIpc) is 1.27. The molecule has 9 heavy (non-hydrogen) atoms. The van der Waals surface area contributed by atoms with Crippen molar-refractivity contribution in [1.29, 1.82) is 0 Å². The summed E-state index contributed by atoms with van der Waals surface area (Å²) in [6.45, 7) is 0. The number of hydrogen-bond donors (Lipinski definition) is 1. The maximum atomic E-state index is 9.15. The van der Waals surface area contributed by atoms with E-state index >= 15 is 0 Å². The van der Waals surface area contributed by atoms with Crippen LogP contribution in [0.4, 0.5) is 4.79 Å². The third kappa shape index (κ3) is 17.9. The van der Waals surface area contributed by atoms with Gasteiger partial charge in [-0.2, -0.15) is 4.84 Å². The summed E-state index contributed by atoms with van der Waals surface area (Å²) >= 11 is 0. The van der Waals surface area contributed by atoms with Crippen LogP contribution in [0.1, 0.15) is 0 Å². The molecule has 0 aliphatic heterocycles. The third-order valence-corrected chi connectivity index (χ3v) is 0.153. The average molecular weight is 195 g/mol. The first-order valence-corrected chi connectivity index (χ1v) is 1.18. The van der Waals surface area contributed by atoms with Gasteiger partial charge in [0.15, 0.2) is 0 Å². The number of hydrogen-bond acceptors (Lipinski definition) is 4. The molecule has 6 nitrogen and oxygen atoms in total. The van der Waals surface area contributed by atoms with E-state index in [9.17, 15) is 0 Å². The molecule has 0 heterocycles. The van der Waals surface area contributed by atoms with Gasteiger partial charge in [-0.05, 0) is 0 Å². The van der Waals surface area contributed by atoms with Crippen molar-refractivity contribution in [2.24, 2.45) is 0 Å². The Labute approximate surface area is 82.4 Å². The van der Waals surface area contributed by atoms with Gasteiger partial charge in [0.1, 0.15) is 0 Å². The molecule has 0 bridgehead atoms. The Kier molecular flexibility index (Phi) is 14.6. The van der Waals surface area contributed by atoms with Gasteiger partial charge in [0.05, 0.1) is 0 Å².